The minimum absolute atomic E-state index is 0.147. The van der Waals surface area contributed by atoms with E-state index in [4.69, 9.17) is 25.9 Å². The molecule has 0 aromatic heterocycles. The molecule has 8 heteroatoms. The molecular formula is C21H23N4O3P. The molecule has 7 nitrogen and oxygen atoms in total. The van der Waals surface area contributed by atoms with Crippen molar-refractivity contribution >= 4 is 19.2 Å². The van der Waals surface area contributed by atoms with Gasteiger partial charge in [0.1, 0.15) is 17.3 Å². The normalized spacial score (nSPS) is 12.0. The van der Waals surface area contributed by atoms with E-state index in [2.05, 4.69) is 5.32 Å². The van der Waals surface area contributed by atoms with Gasteiger partial charge < -0.3 is 25.8 Å². The number of para-hydroxylation sites is 2. The minimum Gasteiger partial charge on any atom is -0.415 e. The van der Waals surface area contributed by atoms with Crippen LogP contribution in [0.25, 0.3) is 0 Å². The topological polar surface area (TPSA) is 123 Å². The van der Waals surface area contributed by atoms with Crippen LogP contribution < -0.4 is 25.8 Å². The molecule has 150 valence electrons. The first-order chi connectivity index (χ1) is 13.9. The average molecular weight is 410 g/mol. The molecule has 0 saturated carbocycles. The summed E-state index contributed by atoms with van der Waals surface area (Å²) >= 11 is 0. The summed E-state index contributed by atoms with van der Waals surface area (Å²) in [6.07, 6.45) is 0.275. The molecule has 0 bridgehead atoms. The Kier molecular flexibility index (Phi) is 6.54. The number of benzene rings is 3. The largest absolute Gasteiger partial charge is 0.447 e. The quantitative estimate of drug-likeness (QED) is 0.251. The van der Waals surface area contributed by atoms with Gasteiger partial charge in [-0.15, -0.1) is 0 Å². The fraction of sp³-hybridized carbons (Fsp3) is 0.0952. The first kappa shape index (κ1) is 20.5. The summed E-state index contributed by atoms with van der Waals surface area (Å²) in [7, 11) is -3.75. The van der Waals surface area contributed by atoms with Gasteiger partial charge in [-0.25, -0.2) is 4.57 Å². The lowest BCUT2D eigenvalue weighted by Gasteiger charge is -2.25. The van der Waals surface area contributed by atoms with Crippen molar-refractivity contribution < 1.29 is 13.6 Å². The third-order valence-electron chi connectivity index (χ3n) is 4.04. The predicted octanol–water partition coefficient (Wildman–Crippen LogP) is 4.17. The van der Waals surface area contributed by atoms with Crippen molar-refractivity contribution in [1.82, 2.24) is 0 Å². The van der Waals surface area contributed by atoms with Gasteiger partial charge in [0.2, 0.25) is 0 Å². The highest BCUT2D eigenvalue weighted by Crippen LogP contribution is 2.51. The lowest BCUT2D eigenvalue weighted by Crippen LogP contribution is -2.28. The second kappa shape index (κ2) is 9.28. The van der Waals surface area contributed by atoms with Crippen LogP contribution in [0.2, 0.25) is 0 Å². The molecule has 3 aromatic rings. The van der Waals surface area contributed by atoms with E-state index in [-0.39, 0.29) is 12.4 Å². The lowest BCUT2D eigenvalue weighted by atomic mass is 10.1. The average Bonchev–Trinajstić information content (AvgIpc) is 2.70. The zero-order chi connectivity index (χ0) is 20.7. The van der Waals surface area contributed by atoms with Crippen molar-refractivity contribution in [2.24, 2.45) is 11.5 Å². The molecule has 29 heavy (non-hydrogen) atoms. The summed E-state index contributed by atoms with van der Waals surface area (Å²) in [5, 5.41) is 9.98. The predicted molar refractivity (Wildman–Crippen MR) is 115 cm³/mol. The molecule has 1 atom stereocenters. The van der Waals surface area contributed by atoms with Gasteiger partial charge in [-0.05, 0) is 42.0 Å². The van der Waals surface area contributed by atoms with Gasteiger partial charge in [0.15, 0.2) is 5.96 Å². The van der Waals surface area contributed by atoms with Gasteiger partial charge in [-0.1, -0.05) is 48.5 Å². The number of hydrogen-bond acceptors (Lipinski definition) is 5. The Morgan fingerprint density at radius 2 is 1.38 bits per heavy atom. The molecule has 0 saturated heterocycles. The fourth-order valence-corrected chi connectivity index (χ4v) is 4.22. The van der Waals surface area contributed by atoms with Crippen molar-refractivity contribution in [3.05, 3.63) is 90.5 Å². The van der Waals surface area contributed by atoms with Crippen molar-refractivity contribution in [1.29, 1.82) is 5.41 Å². The zero-order valence-electron chi connectivity index (χ0n) is 15.7. The second-order valence-corrected chi connectivity index (χ2v) is 8.46. The van der Waals surface area contributed by atoms with Crippen LogP contribution in [0.5, 0.6) is 11.5 Å². The Morgan fingerprint density at radius 3 is 1.83 bits per heavy atom. The summed E-state index contributed by atoms with van der Waals surface area (Å²) in [6, 6.07) is 24.8. The first-order valence-corrected chi connectivity index (χ1v) is 10.6. The summed E-state index contributed by atoms with van der Waals surface area (Å²) in [5.74, 6) is -0.201. The molecule has 6 N–H and O–H groups in total. The van der Waals surface area contributed by atoms with Gasteiger partial charge in [-0.3, -0.25) is 5.41 Å². The Hall–Kier alpha value is -3.28. The molecule has 0 aliphatic carbocycles. The maximum atomic E-state index is 13.6. The van der Waals surface area contributed by atoms with E-state index in [1.54, 1.807) is 60.7 Å². The molecule has 0 radical (unpaired) electrons. The summed E-state index contributed by atoms with van der Waals surface area (Å²) in [4.78, 5) is 0. The zero-order valence-corrected chi connectivity index (χ0v) is 16.6. The van der Waals surface area contributed by atoms with Crippen LogP contribution >= 0.6 is 7.60 Å². The fourth-order valence-electron chi connectivity index (χ4n) is 2.64. The van der Waals surface area contributed by atoms with Gasteiger partial charge in [0.25, 0.3) is 0 Å². The lowest BCUT2D eigenvalue weighted by molar-refractivity contribution is 0.371. The van der Waals surface area contributed by atoms with E-state index in [1.807, 2.05) is 24.3 Å². The smallest absolute Gasteiger partial charge is 0.415 e. The van der Waals surface area contributed by atoms with Crippen LogP contribution in [0.3, 0.4) is 0 Å². The number of rotatable bonds is 8. The molecule has 0 fully saturated rings. The van der Waals surface area contributed by atoms with E-state index < -0.39 is 13.4 Å². The Bertz CT molecular complexity index is 936. The molecule has 1 unspecified atom stereocenters. The number of guanidine groups is 1. The first-order valence-electron chi connectivity index (χ1n) is 8.99. The van der Waals surface area contributed by atoms with E-state index in [9.17, 15) is 4.57 Å². The van der Waals surface area contributed by atoms with Crippen molar-refractivity contribution in [2.75, 3.05) is 5.32 Å². The van der Waals surface area contributed by atoms with Crippen LogP contribution in [-0.4, -0.2) is 11.7 Å². The van der Waals surface area contributed by atoms with Gasteiger partial charge in [0.05, 0.1) is 0 Å². The van der Waals surface area contributed by atoms with E-state index in [1.165, 1.54) is 0 Å². The maximum absolute atomic E-state index is 13.6. The van der Waals surface area contributed by atoms with E-state index in [0.29, 0.717) is 17.2 Å². The number of anilines is 1. The Labute approximate surface area is 169 Å². The van der Waals surface area contributed by atoms with E-state index in [0.717, 1.165) is 5.56 Å². The van der Waals surface area contributed by atoms with Crippen LogP contribution in [0.15, 0.2) is 84.9 Å². The number of nitrogens with one attached hydrogen (secondary N) is 2. The van der Waals surface area contributed by atoms with E-state index >= 15 is 0 Å². The number of hydrogen-bond donors (Lipinski definition) is 4. The summed E-state index contributed by atoms with van der Waals surface area (Å²) < 4.78 is 25.2. The third kappa shape index (κ3) is 5.85. The number of nitrogens with two attached hydrogens (primary N) is 2. The molecule has 0 amide bonds. The molecule has 0 heterocycles. The minimum atomic E-state index is -3.75. The molecule has 3 aromatic carbocycles. The SMILES string of the molecule is N=C(N)Nc1ccc(CC(N)P(=O)(Oc2ccccc2)Oc2ccccc2)cc1. The van der Waals surface area contributed by atoms with Crippen molar-refractivity contribution in [3.63, 3.8) is 0 Å². The van der Waals surface area contributed by atoms with Crippen LogP contribution in [0.4, 0.5) is 5.69 Å². The van der Waals surface area contributed by atoms with Crippen LogP contribution in [-0.2, 0) is 11.0 Å². The van der Waals surface area contributed by atoms with Gasteiger partial charge in [0, 0.05) is 12.1 Å². The monoisotopic (exact) mass is 410 g/mol. The van der Waals surface area contributed by atoms with Crippen LogP contribution in [0, 0.1) is 5.41 Å². The molecule has 0 spiro atoms. The van der Waals surface area contributed by atoms with Gasteiger partial charge in [-0.2, -0.15) is 0 Å². The molecule has 3 rings (SSSR count). The summed E-state index contributed by atoms with van der Waals surface area (Å²) in [5.41, 5.74) is 13.2. The Morgan fingerprint density at radius 1 is 0.897 bits per heavy atom. The standard InChI is InChI=1S/C21H23N4O3P/c22-20(15-16-11-13-17(14-12-16)25-21(23)24)29(26,27-18-7-3-1-4-8-18)28-19-9-5-2-6-10-19/h1-14,20H,15,22H2,(H4,23,24,25). The van der Waals surface area contributed by atoms with Crippen LogP contribution in [0.1, 0.15) is 5.56 Å². The maximum Gasteiger partial charge on any atom is 0.447 e. The highest BCUT2D eigenvalue weighted by atomic mass is 31.2. The van der Waals surface area contributed by atoms with Crippen molar-refractivity contribution in [2.45, 2.75) is 12.2 Å². The third-order valence-corrected chi connectivity index (χ3v) is 5.96. The second-order valence-electron chi connectivity index (χ2n) is 6.36. The van der Waals surface area contributed by atoms with Gasteiger partial charge >= 0.3 is 7.60 Å². The van der Waals surface area contributed by atoms with Crippen molar-refractivity contribution in [3.8, 4) is 11.5 Å². The highest BCUT2D eigenvalue weighted by molar-refractivity contribution is 7.55. The molecule has 0 aliphatic rings. The summed E-state index contributed by atoms with van der Waals surface area (Å²) in [6.45, 7) is 0. The Balaban J connectivity index is 1.80. The highest BCUT2D eigenvalue weighted by Gasteiger charge is 2.37. The molecule has 0 aliphatic heterocycles. The molecular weight excluding hydrogens is 387 g/mol.